The Bertz CT molecular complexity index is 1240. The molecule has 0 atom stereocenters. The average Bonchev–Trinajstić information content (AvgIpc) is 3.47. The Morgan fingerprint density at radius 1 is 0.967 bits per heavy atom. The molecule has 30 heavy (non-hydrogen) atoms. The minimum Gasteiger partial charge on any atom is -0.369 e. The van der Waals surface area contributed by atoms with Crippen molar-refractivity contribution in [1.82, 2.24) is 20.1 Å². The number of aryl methyl sites for hydroxylation is 1. The molecule has 148 valence electrons. The molecule has 1 N–H and O–H groups in total. The maximum atomic E-state index is 5.04. The lowest BCUT2D eigenvalue weighted by Crippen LogP contribution is -2.06. The van der Waals surface area contributed by atoms with Crippen LogP contribution in [0.2, 0.25) is 0 Å². The van der Waals surface area contributed by atoms with Crippen LogP contribution in [0.3, 0.4) is 0 Å². The molecule has 0 unspecified atom stereocenters. The van der Waals surface area contributed by atoms with E-state index >= 15 is 0 Å². The van der Waals surface area contributed by atoms with Crippen molar-refractivity contribution in [2.24, 2.45) is 0 Å². The van der Waals surface area contributed by atoms with Gasteiger partial charge in [-0.25, -0.2) is 9.97 Å². The number of nitrogens with one attached hydrogen (secondary N) is 1. The summed E-state index contributed by atoms with van der Waals surface area (Å²) in [5, 5.41) is 9.68. The van der Waals surface area contributed by atoms with E-state index in [1.165, 1.54) is 5.56 Å². The second-order valence-corrected chi connectivity index (χ2v) is 7.74. The first-order valence-corrected chi connectivity index (χ1v) is 10.6. The highest BCUT2D eigenvalue weighted by atomic mass is 32.1. The van der Waals surface area contributed by atoms with Crippen molar-refractivity contribution in [3.05, 3.63) is 78.1 Å². The maximum Gasteiger partial charge on any atom is 0.162 e. The average molecular weight is 414 g/mol. The molecule has 0 aliphatic heterocycles. The van der Waals surface area contributed by atoms with Crippen molar-refractivity contribution in [3.8, 4) is 22.6 Å². The van der Waals surface area contributed by atoms with Gasteiger partial charge in [-0.3, -0.25) is 4.98 Å². The van der Waals surface area contributed by atoms with E-state index in [0.717, 1.165) is 52.2 Å². The monoisotopic (exact) mass is 413 g/mol. The lowest BCUT2D eigenvalue weighted by Gasteiger charge is -2.09. The molecule has 4 heterocycles. The molecule has 5 rings (SSSR count). The minimum absolute atomic E-state index is 0.665. The standard InChI is InChI=1S/C23H19N5OS/c1-2-5-16(6-3-1)7-4-11-25-23-21-20(18(15-30-21)19-10-14-29-28-19)26-22(27-23)17-8-12-24-13-9-17/h1-3,5-6,8-10,12-15H,4,7,11H2,(H,25,26,27). The topological polar surface area (TPSA) is 76.7 Å². The molecule has 0 spiro atoms. The summed E-state index contributed by atoms with van der Waals surface area (Å²) in [6.45, 7) is 0.827. The summed E-state index contributed by atoms with van der Waals surface area (Å²) in [7, 11) is 0. The van der Waals surface area contributed by atoms with E-state index in [0.29, 0.717) is 5.82 Å². The Balaban J connectivity index is 1.46. The Morgan fingerprint density at radius 3 is 2.63 bits per heavy atom. The molecule has 1 aromatic carbocycles. The third-order valence-corrected chi connectivity index (χ3v) is 5.82. The molecule has 7 heteroatoms. The molecule has 0 bridgehead atoms. The van der Waals surface area contributed by atoms with Gasteiger partial charge in [0.25, 0.3) is 0 Å². The summed E-state index contributed by atoms with van der Waals surface area (Å²) in [5.74, 6) is 1.51. The van der Waals surface area contributed by atoms with Crippen LogP contribution in [0.15, 0.2) is 77.1 Å². The van der Waals surface area contributed by atoms with Crippen LogP contribution in [0.1, 0.15) is 12.0 Å². The fourth-order valence-corrected chi connectivity index (χ4v) is 4.31. The van der Waals surface area contributed by atoms with Crippen LogP contribution in [0, 0.1) is 0 Å². The van der Waals surface area contributed by atoms with Gasteiger partial charge in [-0.15, -0.1) is 11.3 Å². The molecule has 0 amide bonds. The van der Waals surface area contributed by atoms with Gasteiger partial charge in [0.05, 0.1) is 10.2 Å². The number of rotatable bonds is 7. The van der Waals surface area contributed by atoms with Crippen molar-refractivity contribution >= 4 is 27.4 Å². The number of thiophene rings is 1. The number of hydrogen-bond acceptors (Lipinski definition) is 7. The smallest absolute Gasteiger partial charge is 0.162 e. The first-order chi connectivity index (χ1) is 14.9. The lowest BCUT2D eigenvalue weighted by molar-refractivity contribution is 0.422. The van der Waals surface area contributed by atoms with Crippen LogP contribution in [0.5, 0.6) is 0 Å². The van der Waals surface area contributed by atoms with Gasteiger partial charge in [0.1, 0.15) is 17.8 Å². The first kappa shape index (κ1) is 18.4. The number of aromatic nitrogens is 4. The van der Waals surface area contributed by atoms with Gasteiger partial charge in [-0.2, -0.15) is 0 Å². The van der Waals surface area contributed by atoms with Gasteiger partial charge >= 0.3 is 0 Å². The Morgan fingerprint density at radius 2 is 1.83 bits per heavy atom. The molecule has 4 aromatic heterocycles. The van der Waals surface area contributed by atoms with Crippen LogP contribution in [-0.4, -0.2) is 26.7 Å². The molecule has 0 aliphatic rings. The largest absolute Gasteiger partial charge is 0.369 e. The van der Waals surface area contributed by atoms with Crippen molar-refractivity contribution in [2.75, 3.05) is 11.9 Å². The summed E-state index contributed by atoms with van der Waals surface area (Å²) in [6, 6.07) is 16.2. The Kier molecular flexibility index (Phi) is 5.18. The molecule has 0 aliphatic carbocycles. The predicted molar refractivity (Wildman–Crippen MR) is 119 cm³/mol. The van der Waals surface area contributed by atoms with Crippen molar-refractivity contribution < 1.29 is 4.52 Å². The van der Waals surface area contributed by atoms with Gasteiger partial charge in [0, 0.05) is 41.5 Å². The van der Waals surface area contributed by atoms with Crippen LogP contribution in [-0.2, 0) is 6.42 Å². The quantitative estimate of drug-likeness (QED) is 0.357. The third kappa shape index (κ3) is 3.79. The maximum absolute atomic E-state index is 5.04. The van der Waals surface area contributed by atoms with Crippen LogP contribution < -0.4 is 5.32 Å². The molecule has 0 saturated carbocycles. The van der Waals surface area contributed by atoms with E-state index in [4.69, 9.17) is 14.5 Å². The van der Waals surface area contributed by atoms with E-state index in [9.17, 15) is 0 Å². The number of benzene rings is 1. The van der Waals surface area contributed by atoms with Crippen molar-refractivity contribution in [1.29, 1.82) is 0 Å². The minimum atomic E-state index is 0.665. The first-order valence-electron chi connectivity index (χ1n) is 9.77. The summed E-state index contributed by atoms with van der Waals surface area (Å²) in [4.78, 5) is 13.8. The second-order valence-electron chi connectivity index (χ2n) is 6.86. The highest BCUT2D eigenvalue weighted by molar-refractivity contribution is 7.18. The van der Waals surface area contributed by atoms with Crippen LogP contribution in [0.4, 0.5) is 5.82 Å². The summed E-state index contributed by atoms with van der Waals surface area (Å²) in [6.07, 6.45) is 7.12. The highest BCUT2D eigenvalue weighted by Crippen LogP contribution is 2.36. The summed E-state index contributed by atoms with van der Waals surface area (Å²) >= 11 is 1.62. The number of anilines is 1. The van der Waals surface area contributed by atoms with Gasteiger partial charge < -0.3 is 9.84 Å². The van der Waals surface area contributed by atoms with Gasteiger partial charge in [-0.1, -0.05) is 35.5 Å². The van der Waals surface area contributed by atoms with Crippen LogP contribution >= 0.6 is 11.3 Å². The zero-order valence-corrected chi connectivity index (χ0v) is 17.0. The summed E-state index contributed by atoms with van der Waals surface area (Å²) in [5.41, 5.74) is 4.87. The molecule has 6 nitrogen and oxygen atoms in total. The van der Waals surface area contributed by atoms with Crippen LogP contribution in [0.25, 0.3) is 32.9 Å². The van der Waals surface area contributed by atoms with E-state index in [1.807, 2.05) is 24.3 Å². The predicted octanol–water partition coefficient (Wildman–Crippen LogP) is 5.45. The van der Waals surface area contributed by atoms with Crippen molar-refractivity contribution in [3.63, 3.8) is 0 Å². The van der Waals surface area contributed by atoms with E-state index < -0.39 is 0 Å². The number of pyridine rings is 1. The second kappa shape index (κ2) is 8.42. The molecule has 0 saturated heterocycles. The molecular weight excluding hydrogens is 394 g/mol. The molecular formula is C23H19N5OS. The zero-order valence-electron chi connectivity index (χ0n) is 16.2. The normalized spacial score (nSPS) is 11.1. The third-order valence-electron chi connectivity index (χ3n) is 4.85. The zero-order chi connectivity index (χ0) is 20.2. The van der Waals surface area contributed by atoms with Gasteiger partial charge in [0.2, 0.25) is 0 Å². The number of nitrogens with zero attached hydrogens (tertiary/aromatic N) is 4. The Labute approximate surface area is 177 Å². The number of fused-ring (bicyclic) bond motifs is 1. The number of hydrogen-bond donors (Lipinski definition) is 1. The van der Waals surface area contributed by atoms with E-state index in [1.54, 1.807) is 30.0 Å². The molecule has 0 radical (unpaired) electrons. The van der Waals surface area contributed by atoms with E-state index in [-0.39, 0.29) is 0 Å². The fourth-order valence-electron chi connectivity index (χ4n) is 3.35. The Hall–Kier alpha value is -3.58. The van der Waals surface area contributed by atoms with E-state index in [2.05, 4.69) is 45.1 Å². The summed E-state index contributed by atoms with van der Waals surface area (Å²) < 4.78 is 6.06. The SMILES string of the molecule is c1ccc(CCCNc2nc(-c3ccncc3)nc3c(-c4ccon4)csc23)cc1. The lowest BCUT2D eigenvalue weighted by atomic mass is 10.1. The molecule has 5 aromatic rings. The highest BCUT2D eigenvalue weighted by Gasteiger charge is 2.17. The van der Waals surface area contributed by atoms with Gasteiger partial charge in [-0.05, 0) is 30.5 Å². The van der Waals surface area contributed by atoms with Crippen molar-refractivity contribution in [2.45, 2.75) is 12.8 Å². The van der Waals surface area contributed by atoms with Gasteiger partial charge in [0.15, 0.2) is 5.82 Å². The molecule has 0 fully saturated rings. The fraction of sp³-hybridized carbons (Fsp3) is 0.130.